The van der Waals surface area contributed by atoms with Crippen LogP contribution in [0.15, 0.2) is 52.4 Å². The Kier molecular flexibility index (Phi) is 6.84. The normalized spacial score (nSPS) is 13.3. The molecule has 30 heavy (non-hydrogen) atoms. The fraction of sp³-hybridized carbons (Fsp3) is 0.190. The molecule has 0 amide bonds. The van der Waals surface area contributed by atoms with E-state index in [0.29, 0.717) is 11.1 Å². The summed E-state index contributed by atoms with van der Waals surface area (Å²) in [5, 5.41) is 0.951. The summed E-state index contributed by atoms with van der Waals surface area (Å²) in [6.45, 7) is 2.52. The average Bonchev–Trinajstić information content (AvgIpc) is 3.18. The second kappa shape index (κ2) is 9.20. The van der Waals surface area contributed by atoms with Gasteiger partial charge in [0, 0.05) is 25.9 Å². The number of aryl methyl sites for hydroxylation is 2. The number of rotatable bonds is 3. The number of pyridine rings is 1. The molecule has 0 fully saturated rings. The highest BCUT2D eigenvalue weighted by Crippen LogP contribution is 2.21. The molecule has 0 aliphatic rings. The van der Waals surface area contributed by atoms with Crippen LogP contribution >= 0.6 is 22.7 Å². The van der Waals surface area contributed by atoms with Crippen LogP contribution in [0.3, 0.4) is 0 Å². The van der Waals surface area contributed by atoms with E-state index in [4.69, 9.17) is 0 Å². The first-order valence-electron chi connectivity index (χ1n) is 9.13. The predicted octanol–water partition coefficient (Wildman–Crippen LogP) is -1.38. The van der Waals surface area contributed by atoms with Crippen molar-refractivity contribution in [3.8, 4) is 0 Å². The van der Waals surface area contributed by atoms with Crippen LogP contribution in [0.4, 0.5) is 4.39 Å². The van der Waals surface area contributed by atoms with Gasteiger partial charge in [-0.3, -0.25) is 9.36 Å². The minimum Gasteiger partial charge on any atom is -1.00 e. The van der Waals surface area contributed by atoms with Crippen molar-refractivity contribution < 1.29 is 25.9 Å². The number of benzene rings is 1. The molecule has 0 aliphatic heterocycles. The molecule has 9 heteroatoms. The van der Waals surface area contributed by atoms with Crippen molar-refractivity contribution in [2.75, 3.05) is 0 Å². The third kappa shape index (κ3) is 4.23. The van der Waals surface area contributed by atoms with E-state index in [2.05, 4.69) is 4.99 Å². The smallest absolute Gasteiger partial charge is 0.270 e. The highest BCUT2D eigenvalue weighted by Gasteiger charge is 2.16. The largest absolute Gasteiger partial charge is 1.00 e. The second-order valence-electron chi connectivity index (χ2n) is 6.54. The standard InChI is InChI=1S/C21H20FN4OS2.BrH/c1-4-26-20(12-19-25(3)15-11-14(22)8-9-16(15)28-19)29-17(21(26)27)13-23-18-7-5-6-10-24(18)2;/h5-13H,4H2,1-3H3;1H/q+1;/p-1/b17-13-,23-18?;. The van der Waals surface area contributed by atoms with Gasteiger partial charge in [0.25, 0.3) is 10.6 Å². The molecule has 3 aromatic heterocycles. The predicted molar refractivity (Wildman–Crippen MR) is 115 cm³/mol. The summed E-state index contributed by atoms with van der Waals surface area (Å²) < 4.78 is 21.6. The van der Waals surface area contributed by atoms with Crippen LogP contribution in [0.2, 0.25) is 0 Å². The van der Waals surface area contributed by atoms with Crippen LogP contribution in [-0.4, -0.2) is 9.13 Å². The number of halogens is 2. The molecule has 0 saturated heterocycles. The first-order chi connectivity index (χ1) is 14.0. The molecule has 0 bridgehead atoms. The number of thiazole rings is 2. The van der Waals surface area contributed by atoms with Gasteiger partial charge in [-0.2, -0.15) is 4.57 Å². The molecule has 4 rings (SSSR count). The zero-order valence-corrected chi connectivity index (χ0v) is 19.9. The summed E-state index contributed by atoms with van der Waals surface area (Å²) in [6, 6.07) is 10.5. The lowest BCUT2D eigenvalue weighted by atomic mass is 10.3. The van der Waals surface area contributed by atoms with Crippen molar-refractivity contribution >= 4 is 45.2 Å². The topological polar surface area (TPSA) is 43.2 Å². The quantitative estimate of drug-likeness (QED) is 0.316. The molecule has 0 aliphatic carbocycles. The highest BCUT2D eigenvalue weighted by atomic mass is 79.9. The zero-order chi connectivity index (χ0) is 20.5. The van der Waals surface area contributed by atoms with Crippen molar-refractivity contribution in [1.82, 2.24) is 9.13 Å². The minimum atomic E-state index is -0.258. The van der Waals surface area contributed by atoms with Crippen molar-refractivity contribution in [3.63, 3.8) is 0 Å². The van der Waals surface area contributed by atoms with Gasteiger partial charge in [0.2, 0.25) is 5.52 Å². The summed E-state index contributed by atoms with van der Waals surface area (Å²) in [4.78, 5) is 17.3. The van der Waals surface area contributed by atoms with E-state index in [-0.39, 0.29) is 28.4 Å². The van der Waals surface area contributed by atoms with Gasteiger partial charge < -0.3 is 21.5 Å². The molecular weight excluding hydrogens is 487 g/mol. The summed E-state index contributed by atoms with van der Waals surface area (Å²) in [5.41, 5.74) is 1.55. The molecule has 3 heterocycles. The lowest BCUT2D eigenvalue weighted by Crippen LogP contribution is -3.00. The summed E-state index contributed by atoms with van der Waals surface area (Å²) in [7, 11) is 3.82. The molecule has 0 radical (unpaired) electrons. The summed E-state index contributed by atoms with van der Waals surface area (Å²) >= 11 is 2.98. The van der Waals surface area contributed by atoms with Gasteiger partial charge in [-0.05, 0) is 31.2 Å². The van der Waals surface area contributed by atoms with E-state index in [9.17, 15) is 9.18 Å². The maximum Gasteiger partial charge on any atom is 0.270 e. The monoisotopic (exact) mass is 506 g/mol. The average molecular weight is 507 g/mol. The van der Waals surface area contributed by atoms with Gasteiger partial charge in [-0.15, -0.1) is 11.3 Å². The Hall–Kier alpha value is -2.36. The van der Waals surface area contributed by atoms with Gasteiger partial charge >= 0.3 is 0 Å². The first-order valence-corrected chi connectivity index (χ1v) is 10.8. The molecule has 1 aromatic carbocycles. The Morgan fingerprint density at radius 1 is 1.23 bits per heavy atom. The Labute approximate surface area is 190 Å². The second-order valence-corrected chi connectivity index (χ2v) is 8.66. The van der Waals surface area contributed by atoms with Crippen LogP contribution in [0.5, 0.6) is 0 Å². The van der Waals surface area contributed by atoms with Crippen LogP contribution in [0.25, 0.3) is 22.5 Å². The molecule has 5 nitrogen and oxygen atoms in total. The Balaban J connectivity index is 0.00000256. The number of fused-ring (bicyclic) bond motifs is 1. The van der Waals surface area contributed by atoms with E-state index in [0.717, 1.165) is 25.4 Å². The fourth-order valence-electron chi connectivity index (χ4n) is 3.08. The highest BCUT2D eigenvalue weighted by molar-refractivity contribution is 7.19. The molecular formula is C21H20BrFN4OS2. The van der Waals surface area contributed by atoms with Gasteiger partial charge in [-0.25, -0.2) is 9.38 Å². The van der Waals surface area contributed by atoms with Crippen molar-refractivity contribution in [3.05, 3.63) is 78.5 Å². The fourth-order valence-corrected chi connectivity index (χ4v) is 5.24. The number of hydrogen-bond acceptors (Lipinski definition) is 4. The third-order valence-electron chi connectivity index (χ3n) is 4.67. The first kappa shape index (κ1) is 22.3. The van der Waals surface area contributed by atoms with E-state index >= 15 is 0 Å². The number of aromatic nitrogens is 3. The SMILES string of the molecule is CCn1c(=O)/c(=C/N=c2ccccn2C)s/c1=C\c1sc2ccc(F)cc2[n+]1C.[Br-]. The zero-order valence-electron chi connectivity index (χ0n) is 16.7. The molecule has 0 unspecified atom stereocenters. The van der Waals surface area contributed by atoms with Crippen LogP contribution in [0.1, 0.15) is 11.9 Å². The summed E-state index contributed by atoms with van der Waals surface area (Å²) in [6.07, 6.45) is 5.53. The van der Waals surface area contributed by atoms with E-state index in [1.165, 1.54) is 23.5 Å². The Morgan fingerprint density at radius 3 is 2.77 bits per heavy atom. The lowest BCUT2D eigenvalue weighted by molar-refractivity contribution is -0.642. The van der Waals surface area contributed by atoms with E-state index in [1.807, 2.05) is 60.6 Å². The van der Waals surface area contributed by atoms with E-state index < -0.39 is 0 Å². The maximum atomic E-state index is 13.6. The molecule has 4 aromatic rings. The van der Waals surface area contributed by atoms with Gasteiger partial charge in [0.1, 0.15) is 32.2 Å². The van der Waals surface area contributed by atoms with Crippen LogP contribution in [0, 0.1) is 5.82 Å². The minimum absolute atomic E-state index is 0. The molecule has 0 N–H and O–H groups in total. The maximum absolute atomic E-state index is 13.6. The van der Waals surface area contributed by atoms with Gasteiger partial charge in [0.15, 0.2) is 0 Å². The Morgan fingerprint density at radius 2 is 2.03 bits per heavy atom. The number of hydrogen-bond donors (Lipinski definition) is 0. The molecule has 0 atom stereocenters. The van der Waals surface area contributed by atoms with Crippen LogP contribution < -0.4 is 41.8 Å². The van der Waals surface area contributed by atoms with Crippen molar-refractivity contribution in [2.24, 2.45) is 19.1 Å². The summed E-state index contributed by atoms with van der Waals surface area (Å²) in [5.74, 6) is -0.258. The van der Waals surface area contributed by atoms with Gasteiger partial charge in [-0.1, -0.05) is 17.4 Å². The molecule has 0 spiro atoms. The Bertz CT molecular complexity index is 1460. The van der Waals surface area contributed by atoms with Gasteiger partial charge in [0.05, 0.1) is 12.3 Å². The van der Waals surface area contributed by atoms with E-state index in [1.54, 1.807) is 28.2 Å². The lowest BCUT2D eigenvalue weighted by Gasteiger charge is -1.95. The molecule has 156 valence electrons. The molecule has 0 saturated carbocycles. The van der Waals surface area contributed by atoms with Crippen molar-refractivity contribution in [1.29, 1.82) is 0 Å². The van der Waals surface area contributed by atoms with Crippen molar-refractivity contribution in [2.45, 2.75) is 13.5 Å². The van der Waals surface area contributed by atoms with Crippen LogP contribution in [-0.2, 0) is 20.6 Å². The third-order valence-corrected chi connectivity index (χ3v) is 6.88. The number of nitrogens with zero attached hydrogens (tertiary/aromatic N) is 4.